The van der Waals surface area contributed by atoms with Gasteiger partial charge < -0.3 is 0 Å². The SMILES string of the molecule is CC(=NC(C)C(C)Cc1c(C)c(C)c(C)c(C)c1C)c1ccccn1. The zero-order valence-electron chi connectivity index (χ0n) is 17.1. The van der Waals surface area contributed by atoms with Gasteiger partial charge in [0.05, 0.1) is 17.4 Å². The van der Waals surface area contributed by atoms with Gasteiger partial charge in [0, 0.05) is 6.20 Å². The number of hydrogen-bond acceptors (Lipinski definition) is 2. The first-order valence-corrected chi connectivity index (χ1v) is 9.25. The highest BCUT2D eigenvalue weighted by molar-refractivity contribution is 5.96. The van der Waals surface area contributed by atoms with Crippen molar-refractivity contribution in [1.29, 1.82) is 0 Å². The Bertz CT molecular complexity index is 743. The molecule has 2 atom stereocenters. The van der Waals surface area contributed by atoms with Crippen LogP contribution < -0.4 is 0 Å². The Morgan fingerprint density at radius 3 is 2.00 bits per heavy atom. The number of benzene rings is 1. The highest BCUT2D eigenvalue weighted by atomic mass is 14.8. The van der Waals surface area contributed by atoms with Crippen molar-refractivity contribution in [3.8, 4) is 0 Å². The van der Waals surface area contributed by atoms with Crippen molar-refractivity contribution in [2.75, 3.05) is 0 Å². The van der Waals surface area contributed by atoms with E-state index >= 15 is 0 Å². The molecule has 0 aliphatic rings. The summed E-state index contributed by atoms with van der Waals surface area (Å²) in [6.07, 6.45) is 2.90. The molecule has 25 heavy (non-hydrogen) atoms. The second kappa shape index (κ2) is 7.95. The smallest absolute Gasteiger partial charge is 0.0837 e. The molecule has 0 aliphatic heterocycles. The highest BCUT2D eigenvalue weighted by Gasteiger charge is 2.18. The van der Waals surface area contributed by atoms with Crippen LogP contribution in [0.1, 0.15) is 59.8 Å². The molecule has 2 heteroatoms. The number of pyridine rings is 1. The van der Waals surface area contributed by atoms with Crippen LogP contribution in [0, 0.1) is 40.5 Å². The third-order valence-electron chi connectivity index (χ3n) is 5.94. The van der Waals surface area contributed by atoms with E-state index in [9.17, 15) is 0 Å². The molecule has 2 unspecified atom stereocenters. The van der Waals surface area contributed by atoms with Gasteiger partial charge in [0.2, 0.25) is 0 Å². The maximum Gasteiger partial charge on any atom is 0.0837 e. The lowest BCUT2D eigenvalue weighted by Gasteiger charge is -2.23. The molecule has 0 amide bonds. The molecule has 2 rings (SSSR count). The molecule has 1 heterocycles. The minimum absolute atomic E-state index is 0.266. The molecule has 1 aromatic heterocycles. The minimum atomic E-state index is 0.266. The van der Waals surface area contributed by atoms with E-state index in [0.717, 1.165) is 17.8 Å². The third kappa shape index (κ3) is 4.18. The standard InChI is InChI=1S/C23H32N2/c1-14(20(7)25-21(8)23-11-9-10-12-24-23)13-22-18(5)16(3)15(2)17(4)19(22)6/h9-12,14,20H,13H2,1-8H3. The third-order valence-corrected chi connectivity index (χ3v) is 5.94. The van der Waals surface area contributed by atoms with Crippen molar-refractivity contribution in [3.05, 3.63) is 63.5 Å². The van der Waals surface area contributed by atoms with Gasteiger partial charge >= 0.3 is 0 Å². The predicted octanol–water partition coefficient (Wildman–Crippen LogP) is 5.70. The summed E-state index contributed by atoms with van der Waals surface area (Å²) < 4.78 is 0. The summed E-state index contributed by atoms with van der Waals surface area (Å²) >= 11 is 0. The van der Waals surface area contributed by atoms with E-state index in [1.165, 1.54) is 33.4 Å². The summed E-state index contributed by atoms with van der Waals surface area (Å²) in [5.74, 6) is 0.484. The molecule has 2 nitrogen and oxygen atoms in total. The van der Waals surface area contributed by atoms with Crippen LogP contribution in [0.2, 0.25) is 0 Å². The number of aromatic nitrogens is 1. The molecule has 0 radical (unpaired) electrons. The predicted molar refractivity (Wildman–Crippen MR) is 109 cm³/mol. The van der Waals surface area contributed by atoms with E-state index in [4.69, 9.17) is 4.99 Å². The Labute approximate surface area is 153 Å². The molecule has 0 saturated heterocycles. The molecule has 0 N–H and O–H groups in total. The van der Waals surface area contributed by atoms with Gasteiger partial charge in [0.1, 0.15) is 0 Å². The molecular formula is C23H32N2. The Morgan fingerprint density at radius 1 is 0.920 bits per heavy atom. The van der Waals surface area contributed by atoms with E-state index in [0.29, 0.717) is 5.92 Å². The van der Waals surface area contributed by atoms with Gasteiger partial charge in [-0.25, -0.2) is 0 Å². The second-order valence-electron chi connectivity index (χ2n) is 7.46. The van der Waals surface area contributed by atoms with E-state index < -0.39 is 0 Å². The van der Waals surface area contributed by atoms with Gasteiger partial charge in [-0.15, -0.1) is 0 Å². The number of hydrogen-bond donors (Lipinski definition) is 0. The summed E-state index contributed by atoms with van der Waals surface area (Å²) in [6.45, 7) is 17.9. The fraction of sp³-hybridized carbons (Fsp3) is 0.478. The first kappa shape index (κ1) is 19.4. The largest absolute Gasteiger partial charge is 0.284 e. The Balaban J connectivity index is 2.24. The minimum Gasteiger partial charge on any atom is -0.284 e. The summed E-state index contributed by atoms with van der Waals surface area (Å²) in [7, 11) is 0. The van der Waals surface area contributed by atoms with E-state index in [-0.39, 0.29) is 6.04 Å². The highest BCUT2D eigenvalue weighted by Crippen LogP contribution is 2.29. The summed E-state index contributed by atoms with van der Waals surface area (Å²) in [4.78, 5) is 9.32. The van der Waals surface area contributed by atoms with Crippen molar-refractivity contribution in [2.45, 2.75) is 67.9 Å². The lowest BCUT2D eigenvalue weighted by Crippen LogP contribution is -2.18. The number of nitrogens with zero attached hydrogens (tertiary/aromatic N) is 2. The fourth-order valence-electron chi connectivity index (χ4n) is 3.45. The van der Waals surface area contributed by atoms with Crippen LogP contribution in [0.5, 0.6) is 0 Å². The summed E-state index contributed by atoms with van der Waals surface area (Å²) in [5, 5.41) is 0. The monoisotopic (exact) mass is 336 g/mol. The van der Waals surface area contributed by atoms with Gasteiger partial charge in [-0.05, 0) is 106 Å². The molecule has 0 fully saturated rings. The molecule has 2 aromatic rings. The fourth-order valence-corrected chi connectivity index (χ4v) is 3.45. The lowest BCUT2D eigenvalue weighted by molar-refractivity contribution is 0.481. The average molecular weight is 337 g/mol. The van der Waals surface area contributed by atoms with Crippen LogP contribution in [0.4, 0.5) is 0 Å². The quantitative estimate of drug-likeness (QED) is 0.643. The second-order valence-corrected chi connectivity index (χ2v) is 7.46. The van der Waals surface area contributed by atoms with Crippen molar-refractivity contribution in [3.63, 3.8) is 0 Å². The Morgan fingerprint density at radius 2 is 1.48 bits per heavy atom. The molecule has 134 valence electrons. The number of rotatable bonds is 5. The summed E-state index contributed by atoms with van der Waals surface area (Å²) in [5.41, 5.74) is 10.7. The van der Waals surface area contributed by atoms with Crippen molar-refractivity contribution in [1.82, 2.24) is 4.98 Å². The summed E-state index contributed by atoms with van der Waals surface area (Å²) in [6, 6.07) is 6.25. The van der Waals surface area contributed by atoms with Gasteiger partial charge in [-0.2, -0.15) is 0 Å². The molecule has 0 bridgehead atoms. The normalized spacial score (nSPS) is 14.5. The van der Waals surface area contributed by atoms with Crippen LogP contribution in [0.15, 0.2) is 29.4 Å². The van der Waals surface area contributed by atoms with Gasteiger partial charge in [0.25, 0.3) is 0 Å². The maximum atomic E-state index is 4.92. The van der Waals surface area contributed by atoms with E-state index in [1.807, 2.05) is 24.4 Å². The molecule has 0 spiro atoms. The van der Waals surface area contributed by atoms with Crippen LogP contribution in [0.25, 0.3) is 0 Å². The van der Waals surface area contributed by atoms with Crippen LogP contribution in [-0.2, 0) is 6.42 Å². The van der Waals surface area contributed by atoms with Crippen LogP contribution in [-0.4, -0.2) is 16.7 Å². The zero-order valence-corrected chi connectivity index (χ0v) is 17.1. The molecule has 1 aromatic carbocycles. The first-order chi connectivity index (χ1) is 11.7. The van der Waals surface area contributed by atoms with Gasteiger partial charge in [-0.3, -0.25) is 9.98 Å². The molecule has 0 aliphatic carbocycles. The van der Waals surface area contributed by atoms with Gasteiger partial charge in [-0.1, -0.05) is 13.0 Å². The topological polar surface area (TPSA) is 25.2 Å². The van der Waals surface area contributed by atoms with Crippen molar-refractivity contribution >= 4 is 5.71 Å². The van der Waals surface area contributed by atoms with Crippen LogP contribution >= 0.6 is 0 Å². The first-order valence-electron chi connectivity index (χ1n) is 9.25. The maximum absolute atomic E-state index is 4.92. The molecule has 0 saturated carbocycles. The van der Waals surface area contributed by atoms with E-state index in [2.05, 4.69) is 60.4 Å². The van der Waals surface area contributed by atoms with Crippen molar-refractivity contribution < 1.29 is 0 Å². The Kier molecular flexibility index (Phi) is 6.16. The van der Waals surface area contributed by atoms with E-state index in [1.54, 1.807) is 0 Å². The molecular weight excluding hydrogens is 304 g/mol. The zero-order chi connectivity index (χ0) is 18.7. The number of aliphatic imine (C=N–C) groups is 1. The van der Waals surface area contributed by atoms with Gasteiger partial charge in [0.15, 0.2) is 0 Å². The average Bonchev–Trinajstić information content (AvgIpc) is 2.62. The van der Waals surface area contributed by atoms with Crippen LogP contribution in [0.3, 0.4) is 0 Å². The Hall–Kier alpha value is -1.96. The van der Waals surface area contributed by atoms with Crippen molar-refractivity contribution in [2.24, 2.45) is 10.9 Å². The lowest BCUT2D eigenvalue weighted by atomic mass is 9.84.